The van der Waals surface area contributed by atoms with E-state index in [9.17, 15) is 4.79 Å². The Morgan fingerprint density at radius 2 is 1.94 bits per heavy atom. The minimum Gasteiger partial charge on any atom is -0.356 e. The van der Waals surface area contributed by atoms with Crippen LogP contribution in [-0.4, -0.2) is 12.5 Å². The Labute approximate surface area is 108 Å². The molecule has 1 N–H and O–H groups in total. The van der Waals surface area contributed by atoms with Crippen LogP contribution in [0.1, 0.15) is 32.3 Å². The van der Waals surface area contributed by atoms with Crippen molar-refractivity contribution in [1.29, 1.82) is 0 Å². The Hall–Kier alpha value is -1.02. The van der Waals surface area contributed by atoms with E-state index in [1.54, 1.807) is 0 Å². The molecule has 3 heteroatoms. The summed E-state index contributed by atoms with van der Waals surface area (Å²) in [7, 11) is 0. The number of amides is 1. The molecule has 0 spiro atoms. The van der Waals surface area contributed by atoms with Gasteiger partial charge in [0.25, 0.3) is 0 Å². The van der Waals surface area contributed by atoms with Gasteiger partial charge in [-0.25, -0.2) is 0 Å². The number of carbonyl (C=O) groups is 1. The Bertz CT molecular complexity index is 346. The van der Waals surface area contributed by atoms with Crippen LogP contribution in [0.2, 0.25) is 5.02 Å². The Kier molecular flexibility index (Phi) is 6.06. The van der Waals surface area contributed by atoms with Crippen LogP contribution < -0.4 is 5.32 Å². The molecule has 0 aliphatic heterocycles. The standard InChI is InChI=1S/C14H20ClNO/c1-11(2)3-8-14(17)16-10-9-12-4-6-13(15)7-5-12/h4-7,11H,3,8-10H2,1-2H3,(H,16,17). The van der Waals surface area contributed by atoms with Gasteiger partial charge in [0, 0.05) is 18.0 Å². The summed E-state index contributed by atoms with van der Waals surface area (Å²) in [6.45, 7) is 4.94. The molecule has 94 valence electrons. The van der Waals surface area contributed by atoms with Crippen LogP contribution in [0, 0.1) is 5.92 Å². The highest BCUT2D eigenvalue weighted by Crippen LogP contribution is 2.09. The molecule has 0 atom stereocenters. The maximum Gasteiger partial charge on any atom is 0.220 e. The van der Waals surface area contributed by atoms with E-state index >= 15 is 0 Å². The molecule has 0 unspecified atom stereocenters. The Morgan fingerprint density at radius 1 is 1.29 bits per heavy atom. The van der Waals surface area contributed by atoms with Crippen molar-refractivity contribution in [3.63, 3.8) is 0 Å². The summed E-state index contributed by atoms with van der Waals surface area (Å²) in [4.78, 5) is 11.5. The molecule has 0 radical (unpaired) electrons. The smallest absolute Gasteiger partial charge is 0.220 e. The van der Waals surface area contributed by atoms with Gasteiger partial charge in [-0.05, 0) is 36.5 Å². The molecule has 1 aromatic carbocycles. The predicted molar refractivity (Wildman–Crippen MR) is 72.2 cm³/mol. The fourth-order valence-electron chi connectivity index (χ4n) is 1.51. The second kappa shape index (κ2) is 7.33. The van der Waals surface area contributed by atoms with Gasteiger partial charge in [-0.1, -0.05) is 37.6 Å². The average Bonchev–Trinajstić information content (AvgIpc) is 2.29. The van der Waals surface area contributed by atoms with Crippen LogP contribution in [-0.2, 0) is 11.2 Å². The van der Waals surface area contributed by atoms with Crippen molar-refractivity contribution in [2.75, 3.05) is 6.54 Å². The van der Waals surface area contributed by atoms with Gasteiger partial charge in [0.2, 0.25) is 5.91 Å². The van der Waals surface area contributed by atoms with Gasteiger partial charge in [0.1, 0.15) is 0 Å². The van der Waals surface area contributed by atoms with Crippen LogP contribution in [0.5, 0.6) is 0 Å². The lowest BCUT2D eigenvalue weighted by Gasteiger charge is -2.07. The van der Waals surface area contributed by atoms with E-state index in [2.05, 4.69) is 19.2 Å². The van der Waals surface area contributed by atoms with Crippen molar-refractivity contribution >= 4 is 17.5 Å². The zero-order valence-electron chi connectivity index (χ0n) is 10.5. The monoisotopic (exact) mass is 253 g/mol. The van der Waals surface area contributed by atoms with Crippen molar-refractivity contribution in [3.05, 3.63) is 34.9 Å². The third-order valence-electron chi connectivity index (χ3n) is 2.60. The van der Waals surface area contributed by atoms with Crippen molar-refractivity contribution in [2.24, 2.45) is 5.92 Å². The Morgan fingerprint density at radius 3 is 2.53 bits per heavy atom. The van der Waals surface area contributed by atoms with Gasteiger partial charge in [0.15, 0.2) is 0 Å². The van der Waals surface area contributed by atoms with Gasteiger partial charge >= 0.3 is 0 Å². The second-order valence-corrected chi connectivity index (χ2v) is 5.10. The first-order valence-electron chi connectivity index (χ1n) is 6.09. The molecular weight excluding hydrogens is 234 g/mol. The summed E-state index contributed by atoms with van der Waals surface area (Å²) in [5.41, 5.74) is 1.19. The molecule has 0 fully saturated rings. The van der Waals surface area contributed by atoms with Crippen molar-refractivity contribution in [1.82, 2.24) is 5.32 Å². The first kappa shape index (κ1) is 14.0. The van der Waals surface area contributed by atoms with Crippen LogP contribution >= 0.6 is 11.6 Å². The zero-order valence-corrected chi connectivity index (χ0v) is 11.3. The molecule has 1 amide bonds. The topological polar surface area (TPSA) is 29.1 Å². The minimum absolute atomic E-state index is 0.146. The number of carbonyl (C=O) groups excluding carboxylic acids is 1. The zero-order chi connectivity index (χ0) is 12.7. The first-order valence-corrected chi connectivity index (χ1v) is 6.47. The van der Waals surface area contributed by atoms with E-state index in [1.807, 2.05) is 24.3 Å². The molecule has 0 saturated heterocycles. The van der Waals surface area contributed by atoms with Gasteiger partial charge in [-0.2, -0.15) is 0 Å². The molecular formula is C14H20ClNO. The molecule has 0 aliphatic carbocycles. The lowest BCUT2D eigenvalue weighted by molar-refractivity contribution is -0.121. The van der Waals surface area contributed by atoms with E-state index in [1.165, 1.54) is 5.56 Å². The predicted octanol–water partition coefficient (Wildman–Crippen LogP) is 3.43. The van der Waals surface area contributed by atoms with E-state index in [0.717, 1.165) is 17.9 Å². The molecule has 0 bridgehead atoms. The summed E-state index contributed by atoms with van der Waals surface area (Å²) in [6, 6.07) is 7.72. The van der Waals surface area contributed by atoms with Gasteiger partial charge in [-0.15, -0.1) is 0 Å². The quantitative estimate of drug-likeness (QED) is 0.827. The highest BCUT2D eigenvalue weighted by Gasteiger charge is 2.02. The fraction of sp³-hybridized carbons (Fsp3) is 0.500. The summed E-state index contributed by atoms with van der Waals surface area (Å²) < 4.78 is 0. The number of benzene rings is 1. The Balaban J connectivity index is 2.19. The number of nitrogens with one attached hydrogen (secondary N) is 1. The molecule has 17 heavy (non-hydrogen) atoms. The maximum absolute atomic E-state index is 11.5. The molecule has 0 aromatic heterocycles. The minimum atomic E-state index is 0.146. The average molecular weight is 254 g/mol. The lowest BCUT2D eigenvalue weighted by atomic mass is 10.1. The van der Waals surface area contributed by atoms with Gasteiger partial charge in [0.05, 0.1) is 0 Å². The van der Waals surface area contributed by atoms with Crippen molar-refractivity contribution < 1.29 is 4.79 Å². The number of rotatable bonds is 6. The maximum atomic E-state index is 11.5. The van der Waals surface area contributed by atoms with Crippen molar-refractivity contribution in [2.45, 2.75) is 33.1 Å². The van der Waals surface area contributed by atoms with E-state index in [-0.39, 0.29) is 5.91 Å². The fourth-order valence-corrected chi connectivity index (χ4v) is 1.63. The molecule has 0 heterocycles. The summed E-state index contributed by atoms with van der Waals surface area (Å²) in [5, 5.41) is 3.67. The largest absolute Gasteiger partial charge is 0.356 e. The first-order chi connectivity index (χ1) is 8.08. The highest BCUT2D eigenvalue weighted by atomic mass is 35.5. The van der Waals surface area contributed by atoms with Crippen LogP contribution in [0.25, 0.3) is 0 Å². The van der Waals surface area contributed by atoms with Crippen LogP contribution in [0.15, 0.2) is 24.3 Å². The highest BCUT2D eigenvalue weighted by molar-refractivity contribution is 6.30. The second-order valence-electron chi connectivity index (χ2n) is 4.66. The number of hydrogen-bond donors (Lipinski definition) is 1. The molecule has 1 aromatic rings. The SMILES string of the molecule is CC(C)CCC(=O)NCCc1ccc(Cl)cc1. The van der Waals surface area contributed by atoms with Crippen molar-refractivity contribution in [3.8, 4) is 0 Å². The lowest BCUT2D eigenvalue weighted by Crippen LogP contribution is -2.25. The number of hydrogen-bond acceptors (Lipinski definition) is 1. The van der Waals surface area contributed by atoms with Gasteiger partial charge < -0.3 is 5.32 Å². The molecule has 0 aliphatic rings. The molecule has 1 rings (SSSR count). The third kappa shape index (κ3) is 6.32. The van der Waals surface area contributed by atoms with E-state index in [0.29, 0.717) is 18.9 Å². The summed E-state index contributed by atoms with van der Waals surface area (Å²) in [6.07, 6.45) is 2.43. The molecule has 0 saturated carbocycles. The van der Waals surface area contributed by atoms with E-state index < -0.39 is 0 Å². The molecule has 2 nitrogen and oxygen atoms in total. The van der Waals surface area contributed by atoms with Crippen LogP contribution in [0.4, 0.5) is 0 Å². The summed E-state index contributed by atoms with van der Waals surface area (Å²) >= 11 is 5.80. The van der Waals surface area contributed by atoms with Gasteiger partial charge in [-0.3, -0.25) is 4.79 Å². The summed E-state index contributed by atoms with van der Waals surface area (Å²) in [5.74, 6) is 0.727. The van der Waals surface area contributed by atoms with E-state index in [4.69, 9.17) is 11.6 Å². The number of halogens is 1. The normalized spacial score (nSPS) is 10.6. The third-order valence-corrected chi connectivity index (χ3v) is 2.85. The van der Waals surface area contributed by atoms with Crippen LogP contribution in [0.3, 0.4) is 0 Å².